The number of hydrogen-bond acceptors (Lipinski definition) is 2. The SMILES string of the molecule is CCCCCCCCCCCC1OC1CCCCC=CC(=O)O. The van der Waals surface area contributed by atoms with Gasteiger partial charge in [-0.25, -0.2) is 4.79 Å². The summed E-state index contributed by atoms with van der Waals surface area (Å²) in [5, 5.41) is 8.48. The summed E-state index contributed by atoms with van der Waals surface area (Å²) < 4.78 is 5.72. The smallest absolute Gasteiger partial charge is 0.327 e. The molecule has 0 aromatic carbocycles. The average Bonchev–Trinajstić information content (AvgIpc) is 3.27. The van der Waals surface area contributed by atoms with Crippen LogP contribution in [-0.2, 0) is 9.53 Å². The van der Waals surface area contributed by atoms with Crippen molar-refractivity contribution in [2.24, 2.45) is 0 Å². The Hall–Kier alpha value is -0.830. The molecule has 23 heavy (non-hydrogen) atoms. The molecule has 1 aliphatic heterocycles. The molecular weight excluding hydrogens is 288 g/mol. The summed E-state index contributed by atoms with van der Waals surface area (Å²) in [7, 11) is 0. The van der Waals surface area contributed by atoms with Crippen molar-refractivity contribution < 1.29 is 14.6 Å². The van der Waals surface area contributed by atoms with Gasteiger partial charge in [-0.15, -0.1) is 0 Å². The highest BCUT2D eigenvalue weighted by Gasteiger charge is 2.36. The van der Waals surface area contributed by atoms with E-state index in [4.69, 9.17) is 9.84 Å². The number of allylic oxidation sites excluding steroid dienone is 1. The van der Waals surface area contributed by atoms with Gasteiger partial charge < -0.3 is 9.84 Å². The van der Waals surface area contributed by atoms with Gasteiger partial charge in [-0.05, 0) is 25.7 Å². The van der Waals surface area contributed by atoms with Gasteiger partial charge in [-0.3, -0.25) is 0 Å². The minimum Gasteiger partial charge on any atom is -0.478 e. The lowest BCUT2D eigenvalue weighted by Crippen LogP contribution is -1.94. The van der Waals surface area contributed by atoms with Gasteiger partial charge in [-0.1, -0.05) is 77.2 Å². The van der Waals surface area contributed by atoms with Crippen LogP contribution in [0.1, 0.15) is 96.8 Å². The molecule has 1 fully saturated rings. The molecule has 1 saturated heterocycles. The fourth-order valence-corrected chi connectivity index (χ4v) is 3.14. The highest BCUT2D eigenvalue weighted by molar-refractivity contribution is 5.79. The lowest BCUT2D eigenvalue weighted by molar-refractivity contribution is -0.131. The van der Waals surface area contributed by atoms with E-state index >= 15 is 0 Å². The fraction of sp³-hybridized carbons (Fsp3) is 0.850. The molecule has 2 unspecified atom stereocenters. The molecule has 134 valence electrons. The van der Waals surface area contributed by atoms with E-state index in [1.807, 2.05) is 0 Å². The average molecular weight is 325 g/mol. The first kappa shape index (κ1) is 20.2. The van der Waals surface area contributed by atoms with Crippen molar-refractivity contribution in [3.05, 3.63) is 12.2 Å². The number of aliphatic carboxylic acids is 1. The monoisotopic (exact) mass is 324 g/mol. The van der Waals surface area contributed by atoms with Crippen molar-refractivity contribution in [2.75, 3.05) is 0 Å². The zero-order chi connectivity index (χ0) is 16.8. The van der Waals surface area contributed by atoms with E-state index < -0.39 is 5.97 Å². The van der Waals surface area contributed by atoms with E-state index in [1.54, 1.807) is 6.08 Å². The van der Waals surface area contributed by atoms with Crippen LogP contribution >= 0.6 is 0 Å². The van der Waals surface area contributed by atoms with Crippen LogP contribution < -0.4 is 0 Å². The Kier molecular flexibility index (Phi) is 11.9. The van der Waals surface area contributed by atoms with Crippen molar-refractivity contribution >= 4 is 5.97 Å². The molecule has 1 rings (SSSR count). The van der Waals surface area contributed by atoms with Crippen LogP contribution in [0, 0.1) is 0 Å². The van der Waals surface area contributed by atoms with Crippen LogP contribution in [-0.4, -0.2) is 23.3 Å². The van der Waals surface area contributed by atoms with Gasteiger partial charge in [0.15, 0.2) is 0 Å². The highest BCUT2D eigenvalue weighted by Crippen LogP contribution is 2.31. The summed E-state index contributed by atoms with van der Waals surface area (Å²) in [5.74, 6) is -0.850. The van der Waals surface area contributed by atoms with Crippen LogP contribution in [0.3, 0.4) is 0 Å². The molecule has 0 spiro atoms. The summed E-state index contributed by atoms with van der Waals surface area (Å²) >= 11 is 0. The fourth-order valence-electron chi connectivity index (χ4n) is 3.14. The highest BCUT2D eigenvalue weighted by atomic mass is 16.6. The normalized spacial score (nSPS) is 20.2. The van der Waals surface area contributed by atoms with E-state index in [-0.39, 0.29) is 0 Å². The molecule has 1 N–H and O–H groups in total. The van der Waals surface area contributed by atoms with Crippen LogP contribution in [0.15, 0.2) is 12.2 Å². The Morgan fingerprint density at radius 2 is 1.39 bits per heavy atom. The molecule has 1 heterocycles. The van der Waals surface area contributed by atoms with Gasteiger partial charge in [0.25, 0.3) is 0 Å². The topological polar surface area (TPSA) is 49.8 Å². The third-order valence-corrected chi connectivity index (χ3v) is 4.65. The second-order valence-electron chi connectivity index (χ2n) is 6.86. The first-order valence-corrected chi connectivity index (χ1v) is 9.79. The van der Waals surface area contributed by atoms with Crippen molar-refractivity contribution in [1.82, 2.24) is 0 Å². The summed E-state index contributed by atoms with van der Waals surface area (Å²) in [6, 6.07) is 0. The van der Waals surface area contributed by atoms with Crippen molar-refractivity contribution in [3.63, 3.8) is 0 Å². The van der Waals surface area contributed by atoms with Crippen molar-refractivity contribution in [1.29, 1.82) is 0 Å². The standard InChI is InChI=1S/C20H36O3/c1-2-3-4-5-6-7-8-9-12-15-18-19(23-18)16-13-10-11-14-17-20(21)22/h14,17-19H,2-13,15-16H2,1H3,(H,21,22). The summed E-state index contributed by atoms with van der Waals surface area (Å²) in [4.78, 5) is 10.3. The van der Waals surface area contributed by atoms with E-state index in [2.05, 4.69) is 6.92 Å². The minimum absolute atomic E-state index is 0.493. The molecule has 0 radical (unpaired) electrons. The summed E-state index contributed by atoms with van der Waals surface area (Å²) in [6.45, 7) is 2.27. The maximum atomic E-state index is 10.3. The van der Waals surface area contributed by atoms with Crippen LogP contribution in [0.2, 0.25) is 0 Å². The number of epoxide rings is 1. The molecule has 0 aromatic rings. The molecule has 3 nitrogen and oxygen atoms in total. The zero-order valence-electron chi connectivity index (χ0n) is 15.0. The molecule has 0 amide bonds. The molecule has 3 heteroatoms. The predicted molar refractivity (Wildman–Crippen MR) is 95.7 cm³/mol. The second kappa shape index (κ2) is 13.6. The van der Waals surface area contributed by atoms with Crippen molar-refractivity contribution in [2.45, 2.75) is 109 Å². The van der Waals surface area contributed by atoms with Gasteiger partial charge in [0.1, 0.15) is 0 Å². The van der Waals surface area contributed by atoms with E-state index in [0.717, 1.165) is 25.7 Å². The maximum absolute atomic E-state index is 10.3. The second-order valence-corrected chi connectivity index (χ2v) is 6.86. The Labute approximate surface area is 142 Å². The predicted octanol–water partition coefficient (Wildman–Crippen LogP) is 5.88. The van der Waals surface area contributed by atoms with Crippen LogP contribution in [0.25, 0.3) is 0 Å². The van der Waals surface area contributed by atoms with Crippen LogP contribution in [0.5, 0.6) is 0 Å². The third-order valence-electron chi connectivity index (χ3n) is 4.65. The van der Waals surface area contributed by atoms with Crippen molar-refractivity contribution in [3.8, 4) is 0 Å². The molecule has 0 saturated carbocycles. The first-order valence-electron chi connectivity index (χ1n) is 9.79. The number of ether oxygens (including phenoxy) is 1. The number of carboxylic acids is 1. The molecule has 0 bridgehead atoms. The Bertz CT molecular complexity index is 325. The lowest BCUT2D eigenvalue weighted by Gasteiger charge is -2.01. The molecule has 2 atom stereocenters. The van der Waals surface area contributed by atoms with Gasteiger partial charge in [0.05, 0.1) is 12.2 Å². The number of carboxylic acid groups (broad SMARTS) is 1. The Balaban J connectivity index is 1.78. The Morgan fingerprint density at radius 3 is 1.96 bits per heavy atom. The minimum atomic E-state index is -0.850. The molecule has 1 aliphatic rings. The number of rotatable bonds is 16. The van der Waals surface area contributed by atoms with Gasteiger partial charge in [0.2, 0.25) is 0 Å². The maximum Gasteiger partial charge on any atom is 0.327 e. The van der Waals surface area contributed by atoms with Crippen LogP contribution in [0.4, 0.5) is 0 Å². The zero-order valence-corrected chi connectivity index (χ0v) is 15.0. The quantitative estimate of drug-likeness (QED) is 0.219. The number of hydrogen-bond donors (Lipinski definition) is 1. The summed E-state index contributed by atoms with van der Waals surface area (Å²) in [6.07, 6.45) is 21.9. The molecular formula is C20H36O3. The molecule has 0 aliphatic carbocycles. The van der Waals surface area contributed by atoms with E-state index in [9.17, 15) is 4.79 Å². The van der Waals surface area contributed by atoms with E-state index in [0.29, 0.717) is 12.2 Å². The van der Waals surface area contributed by atoms with Gasteiger partial charge in [-0.2, -0.15) is 0 Å². The van der Waals surface area contributed by atoms with Gasteiger partial charge >= 0.3 is 5.97 Å². The number of carbonyl (C=O) groups is 1. The first-order chi connectivity index (χ1) is 11.2. The molecule has 0 aromatic heterocycles. The summed E-state index contributed by atoms with van der Waals surface area (Å²) in [5.41, 5.74) is 0. The lowest BCUT2D eigenvalue weighted by atomic mass is 10.0. The van der Waals surface area contributed by atoms with Gasteiger partial charge in [0, 0.05) is 6.08 Å². The number of unbranched alkanes of at least 4 members (excludes halogenated alkanes) is 10. The van der Waals surface area contributed by atoms with E-state index in [1.165, 1.54) is 70.3 Å². The third kappa shape index (κ3) is 12.3. The Morgan fingerprint density at radius 1 is 0.870 bits per heavy atom. The largest absolute Gasteiger partial charge is 0.478 e.